The van der Waals surface area contributed by atoms with Gasteiger partial charge in [0.05, 0.1) is 24.2 Å². The van der Waals surface area contributed by atoms with Crippen LogP contribution in [0.2, 0.25) is 0 Å². The standard InChI is InChI=1S/C33H24N2O2/c1-37-24-18-15-22(16-19-24)32-31-30(29-25-12-6-5-9-21(25)17-20-27(29)34-32)26-13-7-8-14-28(26)35(33(31)36)23-10-3-2-4-11-23/h2-20,32,34H,1H3. The molecule has 0 saturated heterocycles. The quantitative estimate of drug-likeness (QED) is 0.288. The van der Waals surface area contributed by atoms with E-state index >= 15 is 0 Å². The number of rotatable bonds is 3. The summed E-state index contributed by atoms with van der Waals surface area (Å²) in [5.74, 6) is 0.784. The van der Waals surface area contributed by atoms with E-state index in [0.717, 1.165) is 61.1 Å². The summed E-state index contributed by atoms with van der Waals surface area (Å²) in [6.45, 7) is 0. The van der Waals surface area contributed by atoms with Crippen molar-refractivity contribution in [1.29, 1.82) is 0 Å². The molecule has 4 nitrogen and oxygen atoms in total. The fourth-order valence-electron chi connectivity index (χ4n) is 5.67. The number of hydrogen-bond acceptors (Lipinski definition) is 3. The lowest BCUT2D eigenvalue weighted by Gasteiger charge is -2.32. The Hall–Kier alpha value is -4.83. The van der Waals surface area contributed by atoms with Crippen molar-refractivity contribution in [1.82, 2.24) is 4.57 Å². The van der Waals surface area contributed by atoms with Crippen molar-refractivity contribution in [2.75, 3.05) is 12.4 Å². The molecule has 1 aliphatic heterocycles. The van der Waals surface area contributed by atoms with Gasteiger partial charge in [-0.3, -0.25) is 9.36 Å². The molecule has 1 N–H and O–H groups in total. The third-order valence-corrected chi connectivity index (χ3v) is 7.35. The monoisotopic (exact) mass is 480 g/mol. The molecule has 37 heavy (non-hydrogen) atoms. The minimum atomic E-state index is -0.318. The molecule has 1 atom stereocenters. The SMILES string of the molecule is COc1ccc(C2Nc3ccc4ccccc4c3-c3c2c(=O)n(-c2ccccc2)c2ccccc32)cc1. The van der Waals surface area contributed by atoms with Crippen LogP contribution in [0.1, 0.15) is 17.2 Å². The van der Waals surface area contributed by atoms with Crippen LogP contribution in [0.5, 0.6) is 5.75 Å². The summed E-state index contributed by atoms with van der Waals surface area (Å²) in [6, 6.07) is 38.4. The second-order valence-corrected chi connectivity index (χ2v) is 9.34. The first-order valence-electron chi connectivity index (χ1n) is 12.4. The number of para-hydroxylation sites is 2. The summed E-state index contributed by atoms with van der Waals surface area (Å²) in [7, 11) is 1.66. The predicted octanol–water partition coefficient (Wildman–Crippen LogP) is 7.33. The van der Waals surface area contributed by atoms with Gasteiger partial charge < -0.3 is 10.1 Å². The van der Waals surface area contributed by atoms with Crippen LogP contribution in [0.15, 0.2) is 120 Å². The number of fused-ring (bicyclic) bond motifs is 7. The van der Waals surface area contributed by atoms with E-state index in [4.69, 9.17) is 4.74 Å². The zero-order valence-corrected chi connectivity index (χ0v) is 20.3. The van der Waals surface area contributed by atoms with Gasteiger partial charge in [-0.05, 0) is 52.7 Å². The molecule has 0 fully saturated rings. The Balaban J connectivity index is 1.65. The first-order valence-corrected chi connectivity index (χ1v) is 12.4. The summed E-state index contributed by atoms with van der Waals surface area (Å²) < 4.78 is 7.25. The summed E-state index contributed by atoms with van der Waals surface area (Å²) >= 11 is 0. The van der Waals surface area contributed by atoms with Crippen LogP contribution in [0.4, 0.5) is 5.69 Å². The van der Waals surface area contributed by atoms with Crippen LogP contribution in [0, 0.1) is 0 Å². The van der Waals surface area contributed by atoms with Crippen LogP contribution < -0.4 is 15.6 Å². The van der Waals surface area contributed by atoms with Gasteiger partial charge in [0.2, 0.25) is 0 Å². The molecule has 0 amide bonds. The summed E-state index contributed by atoms with van der Waals surface area (Å²) in [6.07, 6.45) is 0. The van der Waals surface area contributed by atoms with E-state index < -0.39 is 0 Å². The number of hydrogen-bond donors (Lipinski definition) is 1. The highest BCUT2D eigenvalue weighted by Gasteiger charge is 2.32. The Morgan fingerprint density at radius 3 is 2.19 bits per heavy atom. The molecule has 0 aliphatic carbocycles. The number of pyridine rings is 1. The number of methoxy groups -OCH3 is 1. The fraction of sp³-hybridized carbons (Fsp3) is 0.0606. The topological polar surface area (TPSA) is 43.3 Å². The Morgan fingerprint density at radius 2 is 1.41 bits per heavy atom. The maximum absolute atomic E-state index is 14.6. The number of anilines is 1. The van der Waals surface area contributed by atoms with Crippen molar-refractivity contribution < 1.29 is 4.74 Å². The van der Waals surface area contributed by atoms with Crippen molar-refractivity contribution in [3.05, 3.63) is 137 Å². The van der Waals surface area contributed by atoms with Gasteiger partial charge in [0.15, 0.2) is 0 Å². The van der Waals surface area contributed by atoms with Crippen molar-refractivity contribution >= 4 is 27.4 Å². The number of ether oxygens (including phenoxy) is 1. The first kappa shape index (κ1) is 21.5. The second kappa shape index (κ2) is 8.38. The predicted molar refractivity (Wildman–Crippen MR) is 151 cm³/mol. The summed E-state index contributed by atoms with van der Waals surface area (Å²) in [5, 5.41) is 7.06. The van der Waals surface area contributed by atoms with Crippen LogP contribution >= 0.6 is 0 Å². The van der Waals surface area contributed by atoms with Gasteiger partial charge >= 0.3 is 0 Å². The highest BCUT2D eigenvalue weighted by molar-refractivity contribution is 6.11. The Bertz CT molecular complexity index is 1850. The number of nitrogens with zero attached hydrogens (tertiary/aromatic N) is 1. The molecular weight excluding hydrogens is 456 g/mol. The molecule has 6 aromatic rings. The van der Waals surface area contributed by atoms with Gasteiger partial charge in [-0.15, -0.1) is 0 Å². The summed E-state index contributed by atoms with van der Waals surface area (Å²) in [5.41, 5.74) is 6.58. The lowest BCUT2D eigenvalue weighted by atomic mass is 9.83. The Kier molecular flexibility index (Phi) is 4.86. The average molecular weight is 481 g/mol. The van der Waals surface area contributed by atoms with Crippen molar-refractivity contribution in [2.45, 2.75) is 6.04 Å². The lowest BCUT2D eigenvalue weighted by molar-refractivity contribution is 0.414. The van der Waals surface area contributed by atoms with Gasteiger partial charge in [-0.1, -0.05) is 78.9 Å². The van der Waals surface area contributed by atoms with E-state index in [1.807, 2.05) is 71.3 Å². The average Bonchev–Trinajstić information content (AvgIpc) is 2.97. The molecule has 4 heteroatoms. The third kappa shape index (κ3) is 3.26. The maximum Gasteiger partial charge on any atom is 0.261 e. The van der Waals surface area contributed by atoms with Gasteiger partial charge in [0.1, 0.15) is 5.75 Å². The minimum Gasteiger partial charge on any atom is -0.497 e. The van der Waals surface area contributed by atoms with Crippen LogP contribution in [-0.4, -0.2) is 11.7 Å². The van der Waals surface area contributed by atoms with E-state index in [1.165, 1.54) is 0 Å². The normalized spacial score (nSPS) is 14.1. The van der Waals surface area contributed by atoms with Gasteiger partial charge in [-0.25, -0.2) is 0 Å². The van der Waals surface area contributed by atoms with E-state index in [2.05, 4.69) is 53.8 Å². The first-order chi connectivity index (χ1) is 18.2. The second-order valence-electron chi connectivity index (χ2n) is 9.34. The third-order valence-electron chi connectivity index (χ3n) is 7.35. The molecule has 2 heterocycles. The molecule has 0 radical (unpaired) electrons. The highest BCUT2D eigenvalue weighted by atomic mass is 16.5. The molecule has 1 unspecified atom stereocenters. The molecule has 7 rings (SSSR count). The molecule has 0 saturated carbocycles. The molecular formula is C33H24N2O2. The van der Waals surface area contributed by atoms with E-state index in [-0.39, 0.29) is 11.6 Å². The van der Waals surface area contributed by atoms with Crippen LogP contribution in [0.3, 0.4) is 0 Å². The minimum absolute atomic E-state index is 0.0215. The van der Waals surface area contributed by atoms with Crippen molar-refractivity contribution in [3.63, 3.8) is 0 Å². The molecule has 178 valence electrons. The van der Waals surface area contributed by atoms with Crippen LogP contribution in [-0.2, 0) is 0 Å². The van der Waals surface area contributed by atoms with Gasteiger partial charge in [0.25, 0.3) is 5.56 Å². The molecule has 5 aromatic carbocycles. The van der Waals surface area contributed by atoms with E-state index in [9.17, 15) is 4.79 Å². The van der Waals surface area contributed by atoms with Crippen molar-refractivity contribution in [2.24, 2.45) is 0 Å². The highest BCUT2D eigenvalue weighted by Crippen LogP contribution is 2.48. The van der Waals surface area contributed by atoms with E-state index in [0.29, 0.717) is 0 Å². The fourth-order valence-corrected chi connectivity index (χ4v) is 5.67. The van der Waals surface area contributed by atoms with Gasteiger partial charge in [0, 0.05) is 27.9 Å². The molecule has 1 aromatic heterocycles. The molecule has 1 aliphatic rings. The smallest absolute Gasteiger partial charge is 0.261 e. The Labute approximate surface area is 214 Å². The molecule has 0 spiro atoms. The largest absolute Gasteiger partial charge is 0.497 e. The van der Waals surface area contributed by atoms with Gasteiger partial charge in [-0.2, -0.15) is 0 Å². The summed E-state index contributed by atoms with van der Waals surface area (Å²) in [4.78, 5) is 14.6. The van der Waals surface area contributed by atoms with Crippen LogP contribution in [0.25, 0.3) is 38.5 Å². The maximum atomic E-state index is 14.6. The number of benzene rings is 5. The van der Waals surface area contributed by atoms with E-state index in [1.54, 1.807) is 7.11 Å². The lowest BCUT2D eigenvalue weighted by Crippen LogP contribution is -2.31. The molecule has 0 bridgehead atoms. The number of nitrogens with one attached hydrogen (secondary N) is 1. The van der Waals surface area contributed by atoms with Crippen molar-refractivity contribution in [3.8, 4) is 22.6 Å². The number of aromatic nitrogens is 1. The zero-order chi connectivity index (χ0) is 24.9. The zero-order valence-electron chi connectivity index (χ0n) is 20.3. The Morgan fingerprint density at radius 1 is 0.703 bits per heavy atom.